The van der Waals surface area contributed by atoms with Gasteiger partial charge in [-0.1, -0.05) is 20.8 Å². The number of H-pyrrole nitrogens is 1. The molecule has 3 N–H and O–H groups in total. The number of fused-ring (bicyclic) bond motifs is 1. The molecule has 12 heteroatoms. The minimum atomic E-state index is -3.33. The van der Waals surface area contributed by atoms with E-state index in [2.05, 4.69) is 30.7 Å². The fourth-order valence-electron chi connectivity index (χ4n) is 3.16. The van der Waals surface area contributed by atoms with Crippen molar-refractivity contribution in [1.82, 2.24) is 14.5 Å². The Kier molecular flexibility index (Phi) is 6.22. The van der Waals surface area contributed by atoms with Crippen LogP contribution < -0.4 is 5.56 Å². The maximum atomic E-state index is 12.0. The summed E-state index contributed by atoms with van der Waals surface area (Å²) in [4.78, 5) is 28.2. The van der Waals surface area contributed by atoms with Crippen LogP contribution in [-0.4, -0.2) is 57.8 Å². The molecule has 162 valence electrons. The second-order valence-electron chi connectivity index (χ2n) is 8.63. The van der Waals surface area contributed by atoms with E-state index in [0.717, 1.165) is 0 Å². The second-order valence-corrected chi connectivity index (χ2v) is 14.2. The van der Waals surface area contributed by atoms with Gasteiger partial charge in [0, 0.05) is 6.20 Å². The Balaban J connectivity index is 2.04. The van der Waals surface area contributed by atoms with Gasteiger partial charge in [0.25, 0.3) is 5.56 Å². The zero-order valence-corrected chi connectivity index (χ0v) is 19.1. The molecule has 3 heterocycles. The maximum absolute atomic E-state index is 12.0. The molecule has 0 radical (unpaired) electrons. The Morgan fingerprint density at radius 3 is 2.66 bits per heavy atom. The van der Waals surface area contributed by atoms with Crippen molar-refractivity contribution in [3.63, 3.8) is 0 Å². The van der Waals surface area contributed by atoms with Crippen LogP contribution >= 0.6 is 8.25 Å². The number of aliphatic hydroxyl groups is 1. The van der Waals surface area contributed by atoms with Crippen LogP contribution in [0.3, 0.4) is 0 Å². The summed E-state index contributed by atoms with van der Waals surface area (Å²) < 4.78 is 31.0. The molecule has 0 amide bonds. The van der Waals surface area contributed by atoms with Crippen molar-refractivity contribution < 1.29 is 28.3 Å². The molecule has 0 bridgehead atoms. The van der Waals surface area contributed by atoms with Crippen LogP contribution in [0.5, 0.6) is 0 Å². The highest BCUT2D eigenvalue weighted by Crippen LogP contribution is 2.44. The number of aromatic nitrogens is 3. The largest absolute Gasteiger partial charge is 0.408 e. The molecular weight excluding hydrogens is 417 g/mol. The summed E-state index contributed by atoms with van der Waals surface area (Å²) >= 11 is 0. The predicted octanol–water partition coefficient (Wildman–Crippen LogP) is 1.77. The van der Waals surface area contributed by atoms with Gasteiger partial charge in [0.1, 0.15) is 18.3 Å². The van der Waals surface area contributed by atoms with E-state index in [1.165, 1.54) is 12.5 Å². The summed E-state index contributed by atoms with van der Waals surface area (Å²) in [6.07, 6.45) is -0.482. The number of aromatic amines is 1. The predicted molar refractivity (Wildman–Crippen MR) is 110 cm³/mol. The molecular formula is C17H28N3O7PSi. The van der Waals surface area contributed by atoms with Crippen LogP contribution in [0.15, 0.2) is 23.4 Å². The normalized spacial score (nSPS) is 26.9. The highest BCUT2D eigenvalue weighted by molar-refractivity contribution is 7.32. The number of ether oxygens (including phenoxy) is 1. The van der Waals surface area contributed by atoms with Gasteiger partial charge in [-0.25, -0.2) is 4.98 Å². The van der Waals surface area contributed by atoms with Crippen LogP contribution in [0, 0.1) is 0 Å². The number of pyridine rings is 1. The van der Waals surface area contributed by atoms with Gasteiger partial charge in [-0.3, -0.25) is 13.9 Å². The lowest BCUT2D eigenvalue weighted by Gasteiger charge is -2.40. The lowest BCUT2D eigenvalue weighted by molar-refractivity contribution is -0.0478. The standard InChI is InChI=1S/C17H28N3O7PSi/c1-17(2,3)29(4,5)27-13-11(8-21)25-16(14(13)26-28(23)24)20-9-19-12-10(20)6-7-18-15(12)22/h6-7,9,11,13-14,16,21,28H,8H2,1-5H3,(H,18,22)(H,23,24)/t11-,13-,14-,16-/m1/s1. The molecule has 29 heavy (non-hydrogen) atoms. The smallest absolute Gasteiger partial charge is 0.317 e. The molecule has 3 rings (SSSR count). The van der Waals surface area contributed by atoms with Gasteiger partial charge in [-0.2, -0.15) is 0 Å². The summed E-state index contributed by atoms with van der Waals surface area (Å²) in [7, 11) is -5.65. The lowest BCUT2D eigenvalue weighted by atomic mass is 10.1. The van der Waals surface area contributed by atoms with Crippen molar-refractivity contribution in [3.8, 4) is 0 Å². The minimum Gasteiger partial charge on any atom is -0.408 e. The average molecular weight is 445 g/mol. The summed E-state index contributed by atoms with van der Waals surface area (Å²) in [6, 6.07) is 1.65. The van der Waals surface area contributed by atoms with E-state index in [4.69, 9.17) is 13.7 Å². The molecule has 0 saturated carbocycles. The fraction of sp³-hybridized carbons (Fsp3) is 0.647. The molecule has 1 aliphatic heterocycles. The van der Waals surface area contributed by atoms with Crippen molar-refractivity contribution in [1.29, 1.82) is 0 Å². The van der Waals surface area contributed by atoms with Gasteiger partial charge in [-0.15, -0.1) is 0 Å². The third kappa shape index (κ3) is 4.27. The molecule has 1 fully saturated rings. The first-order valence-electron chi connectivity index (χ1n) is 9.34. The van der Waals surface area contributed by atoms with E-state index >= 15 is 0 Å². The van der Waals surface area contributed by atoms with Crippen LogP contribution in [0.25, 0.3) is 11.0 Å². The maximum Gasteiger partial charge on any atom is 0.317 e. The molecule has 1 aliphatic rings. The first-order chi connectivity index (χ1) is 13.5. The summed E-state index contributed by atoms with van der Waals surface area (Å²) in [5.74, 6) is 0. The molecule has 0 spiro atoms. The Labute approximate surface area is 169 Å². The van der Waals surface area contributed by atoms with Gasteiger partial charge in [0.05, 0.1) is 18.5 Å². The first kappa shape index (κ1) is 22.4. The van der Waals surface area contributed by atoms with E-state index in [1.807, 2.05) is 13.1 Å². The van der Waals surface area contributed by atoms with Gasteiger partial charge in [-0.05, 0) is 24.2 Å². The third-order valence-electron chi connectivity index (χ3n) is 5.72. The molecule has 10 nitrogen and oxygen atoms in total. The van der Waals surface area contributed by atoms with Gasteiger partial charge < -0.3 is 28.7 Å². The van der Waals surface area contributed by atoms with Crippen molar-refractivity contribution in [2.24, 2.45) is 0 Å². The Morgan fingerprint density at radius 2 is 2.07 bits per heavy atom. The van der Waals surface area contributed by atoms with Crippen LogP contribution in [0.1, 0.15) is 27.0 Å². The molecule has 1 unspecified atom stereocenters. The fourth-order valence-corrected chi connectivity index (χ4v) is 4.96. The zero-order chi connectivity index (χ0) is 21.6. The van der Waals surface area contributed by atoms with E-state index in [1.54, 1.807) is 10.6 Å². The molecule has 2 aromatic heterocycles. The molecule has 2 aromatic rings. The number of imidazole rings is 1. The average Bonchev–Trinajstić information content (AvgIpc) is 3.16. The van der Waals surface area contributed by atoms with Crippen molar-refractivity contribution in [3.05, 3.63) is 28.9 Å². The van der Waals surface area contributed by atoms with Crippen LogP contribution in [0.4, 0.5) is 0 Å². The van der Waals surface area contributed by atoms with Gasteiger partial charge in [0.2, 0.25) is 0 Å². The number of hydrogen-bond donors (Lipinski definition) is 3. The number of hydrogen-bond acceptors (Lipinski definition) is 7. The van der Waals surface area contributed by atoms with Crippen LogP contribution in [0.2, 0.25) is 18.1 Å². The van der Waals surface area contributed by atoms with Crippen molar-refractivity contribution >= 4 is 27.6 Å². The molecule has 0 aliphatic carbocycles. The number of aliphatic hydroxyl groups excluding tert-OH is 1. The van der Waals surface area contributed by atoms with Crippen LogP contribution in [-0.2, 0) is 18.3 Å². The highest BCUT2D eigenvalue weighted by atomic mass is 31.1. The van der Waals surface area contributed by atoms with Gasteiger partial charge >= 0.3 is 8.25 Å². The minimum absolute atomic E-state index is 0.130. The summed E-state index contributed by atoms with van der Waals surface area (Å²) in [5.41, 5.74) is 0.329. The van der Waals surface area contributed by atoms with Crippen molar-refractivity contribution in [2.75, 3.05) is 6.61 Å². The Hall–Kier alpha value is -1.33. The Morgan fingerprint density at radius 1 is 1.38 bits per heavy atom. The molecule has 1 saturated heterocycles. The summed E-state index contributed by atoms with van der Waals surface area (Å²) in [6.45, 7) is 9.94. The molecule has 5 atom stereocenters. The zero-order valence-electron chi connectivity index (χ0n) is 17.1. The Bertz CT molecular complexity index is 954. The SMILES string of the molecule is CC(C)(C)[Si](C)(C)O[C@H]1[C@@H](O[PH](=O)O)[C@H](n2cnc3c(=O)[nH]ccc32)O[C@@H]1CO. The first-order valence-corrected chi connectivity index (χ1v) is 13.5. The number of nitrogens with one attached hydrogen (secondary N) is 1. The molecule has 0 aromatic carbocycles. The van der Waals surface area contributed by atoms with E-state index in [9.17, 15) is 19.4 Å². The van der Waals surface area contributed by atoms with E-state index in [-0.39, 0.29) is 22.7 Å². The number of rotatable bonds is 6. The van der Waals surface area contributed by atoms with E-state index < -0.39 is 41.1 Å². The lowest BCUT2D eigenvalue weighted by Crippen LogP contribution is -2.50. The third-order valence-corrected chi connectivity index (χ3v) is 10.7. The van der Waals surface area contributed by atoms with E-state index in [0.29, 0.717) is 5.52 Å². The highest BCUT2D eigenvalue weighted by Gasteiger charge is 2.52. The quantitative estimate of drug-likeness (QED) is 0.452. The topological polar surface area (TPSA) is 136 Å². The van der Waals surface area contributed by atoms with Gasteiger partial charge in [0.15, 0.2) is 20.1 Å². The number of nitrogens with zero attached hydrogens (tertiary/aromatic N) is 2. The van der Waals surface area contributed by atoms with Crippen molar-refractivity contribution in [2.45, 2.75) is 63.4 Å². The monoisotopic (exact) mass is 445 g/mol. The summed E-state index contributed by atoms with van der Waals surface area (Å²) in [5, 5.41) is 9.77. The second kappa shape index (κ2) is 8.07.